The van der Waals surface area contributed by atoms with Gasteiger partial charge in [0.1, 0.15) is 9.91 Å². The van der Waals surface area contributed by atoms with Crippen molar-refractivity contribution >= 4 is 59.5 Å². The number of halogens is 3. The van der Waals surface area contributed by atoms with Crippen molar-refractivity contribution in [2.75, 3.05) is 0 Å². The second-order valence-corrected chi connectivity index (χ2v) is 10.2. The third-order valence-corrected chi connectivity index (χ3v) is 6.91. The zero-order chi connectivity index (χ0) is 15.4. The van der Waals surface area contributed by atoms with Crippen LogP contribution in [0.2, 0.25) is 0 Å². The average Bonchev–Trinajstić information content (AvgIpc) is 2.37. The molecule has 0 heterocycles. The molecular formula is C10H11Cl3N2O3S2. The van der Waals surface area contributed by atoms with Gasteiger partial charge in [0.25, 0.3) is 12.8 Å². The van der Waals surface area contributed by atoms with Crippen LogP contribution in [0.25, 0.3) is 0 Å². The third kappa shape index (κ3) is 5.21. The number of carbonyl (C=O) groups excluding carboxylic acids is 1. The summed E-state index contributed by atoms with van der Waals surface area (Å²) in [6.07, 6.45) is 0.0865. The van der Waals surface area contributed by atoms with Crippen molar-refractivity contribution in [2.24, 2.45) is 4.36 Å². The van der Waals surface area contributed by atoms with Crippen LogP contribution in [0.3, 0.4) is 0 Å². The van der Waals surface area contributed by atoms with Crippen molar-refractivity contribution in [3.05, 3.63) is 30.3 Å². The van der Waals surface area contributed by atoms with Gasteiger partial charge in [-0.3, -0.25) is 9.52 Å². The first-order valence-corrected chi connectivity index (χ1v) is 9.62. The van der Waals surface area contributed by atoms with Gasteiger partial charge in [-0.05, 0) is 12.1 Å². The number of amides is 1. The van der Waals surface area contributed by atoms with E-state index in [0.717, 1.165) is 0 Å². The van der Waals surface area contributed by atoms with E-state index in [1.54, 1.807) is 25.1 Å². The van der Waals surface area contributed by atoms with E-state index in [4.69, 9.17) is 34.8 Å². The molecule has 1 atom stereocenters. The fourth-order valence-corrected chi connectivity index (χ4v) is 5.63. The maximum absolute atomic E-state index is 12.4. The van der Waals surface area contributed by atoms with Crippen molar-refractivity contribution < 1.29 is 13.2 Å². The number of rotatable bonds is 4. The summed E-state index contributed by atoms with van der Waals surface area (Å²) in [6.45, 7) is 1.57. The monoisotopic (exact) mass is 376 g/mol. The van der Waals surface area contributed by atoms with Crippen molar-refractivity contribution in [2.45, 2.75) is 22.2 Å². The van der Waals surface area contributed by atoms with Gasteiger partial charge in [-0.2, -0.15) is 4.36 Å². The normalized spacial score (nSPS) is 14.0. The first-order chi connectivity index (χ1) is 9.16. The molecule has 0 fully saturated rings. The zero-order valence-electron chi connectivity index (χ0n) is 10.2. The predicted molar refractivity (Wildman–Crippen MR) is 82.1 cm³/mol. The lowest BCUT2D eigenvalue weighted by atomic mass is 10.4. The number of hydrogen-bond acceptors (Lipinski definition) is 4. The topological polar surface area (TPSA) is 75.6 Å². The van der Waals surface area contributed by atoms with Gasteiger partial charge in [0.05, 0.1) is 4.90 Å². The first kappa shape index (κ1) is 17.7. The third-order valence-electron chi connectivity index (χ3n) is 1.95. The Kier molecular flexibility index (Phi) is 6.27. The fraction of sp³-hybridized carbons (Fsp3) is 0.300. The summed E-state index contributed by atoms with van der Waals surface area (Å²) in [5, 5.41) is 0. The number of benzene rings is 1. The van der Waals surface area contributed by atoms with Crippen LogP contribution in [0.5, 0.6) is 0 Å². The summed E-state index contributed by atoms with van der Waals surface area (Å²) >= 11 is 16.5. The summed E-state index contributed by atoms with van der Waals surface area (Å²) in [5.41, 5.74) is 0. The Morgan fingerprint density at radius 2 is 1.85 bits per heavy atom. The molecule has 20 heavy (non-hydrogen) atoms. The lowest BCUT2D eigenvalue weighted by Gasteiger charge is -2.13. The minimum atomic E-state index is -3.96. The average molecular weight is 378 g/mol. The molecule has 1 amide bonds. The van der Waals surface area contributed by atoms with E-state index < -0.39 is 28.6 Å². The summed E-state index contributed by atoms with van der Waals surface area (Å²) in [7, 11) is -5.95. The summed E-state index contributed by atoms with van der Waals surface area (Å²) in [6, 6.07) is 7.51. The molecule has 0 aromatic heterocycles. The minimum absolute atomic E-state index is 0.0160. The van der Waals surface area contributed by atoms with E-state index >= 15 is 0 Å². The van der Waals surface area contributed by atoms with Crippen LogP contribution < -0.4 is 4.72 Å². The Morgan fingerprint density at radius 1 is 1.30 bits per heavy atom. The fourth-order valence-electron chi connectivity index (χ4n) is 1.07. The first-order valence-electron chi connectivity index (χ1n) is 5.31. The van der Waals surface area contributed by atoms with Gasteiger partial charge in [-0.1, -0.05) is 59.9 Å². The molecule has 0 bridgehead atoms. The van der Waals surface area contributed by atoms with E-state index in [1.165, 1.54) is 12.1 Å². The highest BCUT2D eigenvalue weighted by Gasteiger charge is 2.28. The van der Waals surface area contributed by atoms with Crippen LogP contribution in [-0.4, -0.2) is 18.2 Å². The van der Waals surface area contributed by atoms with Crippen LogP contribution in [0.4, 0.5) is 0 Å². The Morgan fingerprint density at radius 3 is 2.30 bits per heavy atom. The highest BCUT2D eigenvalue weighted by Crippen LogP contribution is 2.30. The van der Waals surface area contributed by atoms with Gasteiger partial charge >= 0.3 is 0 Å². The molecule has 5 nitrogen and oxygen atoms in total. The molecule has 1 aromatic carbocycles. The number of carbonyl (C=O) groups is 1. The number of nitrogens with one attached hydrogen (secondary N) is 1. The van der Waals surface area contributed by atoms with Crippen molar-refractivity contribution in [1.29, 1.82) is 0 Å². The minimum Gasteiger partial charge on any atom is -0.279 e. The van der Waals surface area contributed by atoms with Gasteiger partial charge < -0.3 is 0 Å². The van der Waals surface area contributed by atoms with Crippen LogP contribution in [0.15, 0.2) is 39.6 Å². The molecule has 0 aliphatic rings. The Hall–Kier alpha value is -0.340. The predicted octanol–water partition coefficient (Wildman–Crippen LogP) is 2.95. The maximum atomic E-state index is 12.4. The van der Waals surface area contributed by atoms with Crippen LogP contribution >= 0.6 is 34.8 Å². The molecule has 0 aliphatic heterocycles. The molecule has 0 aliphatic carbocycles. The second kappa shape index (κ2) is 7.09. The number of hydrogen-bond donors (Lipinski definition) is 1. The van der Waals surface area contributed by atoms with Gasteiger partial charge in [0, 0.05) is 6.42 Å². The lowest BCUT2D eigenvalue weighted by Crippen LogP contribution is -2.31. The molecule has 1 unspecified atom stereocenters. The molecule has 0 saturated carbocycles. The van der Waals surface area contributed by atoms with Crippen molar-refractivity contribution in [1.82, 2.24) is 4.72 Å². The molecular weight excluding hydrogens is 367 g/mol. The van der Waals surface area contributed by atoms with Gasteiger partial charge in [0.2, 0.25) is 5.91 Å². The number of nitrogens with zero attached hydrogens (tertiary/aromatic N) is 1. The molecule has 0 saturated heterocycles. The SMILES string of the molecule is CCC(=O)N/S(=N\C(Cl)(Cl)Cl)S(=O)(=O)c1ccccc1. The summed E-state index contributed by atoms with van der Waals surface area (Å²) in [4.78, 5) is 11.4. The molecule has 10 heteroatoms. The Labute approximate surface area is 134 Å². The maximum Gasteiger partial charge on any atom is 0.293 e. The second-order valence-electron chi connectivity index (χ2n) is 3.45. The number of alkyl halides is 3. The van der Waals surface area contributed by atoms with Crippen LogP contribution in [0, 0.1) is 0 Å². The van der Waals surface area contributed by atoms with Crippen LogP contribution in [0.1, 0.15) is 13.3 Å². The smallest absolute Gasteiger partial charge is 0.279 e. The van der Waals surface area contributed by atoms with E-state index in [-0.39, 0.29) is 11.3 Å². The van der Waals surface area contributed by atoms with E-state index in [2.05, 4.69) is 9.08 Å². The molecule has 0 radical (unpaired) electrons. The summed E-state index contributed by atoms with van der Waals surface area (Å²) in [5.74, 6) is -0.508. The van der Waals surface area contributed by atoms with E-state index in [9.17, 15) is 13.2 Å². The lowest BCUT2D eigenvalue weighted by molar-refractivity contribution is -0.118. The van der Waals surface area contributed by atoms with E-state index in [1.807, 2.05) is 0 Å². The Balaban J connectivity index is 3.31. The van der Waals surface area contributed by atoms with Crippen molar-refractivity contribution in [3.63, 3.8) is 0 Å². The van der Waals surface area contributed by atoms with Crippen LogP contribution in [-0.2, 0) is 23.6 Å². The van der Waals surface area contributed by atoms with Gasteiger partial charge in [-0.15, -0.1) is 0 Å². The quantitative estimate of drug-likeness (QED) is 0.498. The molecule has 1 rings (SSSR count). The Bertz CT molecular complexity index is 612. The van der Waals surface area contributed by atoms with Gasteiger partial charge in [-0.25, -0.2) is 8.42 Å². The van der Waals surface area contributed by atoms with Crippen molar-refractivity contribution in [3.8, 4) is 0 Å². The molecule has 112 valence electrons. The highest BCUT2D eigenvalue weighted by molar-refractivity contribution is 8.64. The van der Waals surface area contributed by atoms with E-state index in [0.29, 0.717) is 0 Å². The zero-order valence-corrected chi connectivity index (χ0v) is 14.1. The van der Waals surface area contributed by atoms with Gasteiger partial charge in [0.15, 0.2) is 0 Å². The standard InChI is InChI=1S/C10H11Cl3N2O3S2/c1-2-9(16)14-19(15-10(11,12)13)20(17,18)8-6-4-3-5-7-8/h3-7H,2H2,1H3,(H,14,15,16). The summed E-state index contributed by atoms with van der Waals surface area (Å²) < 4.78 is 28.4. The largest absolute Gasteiger partial charge is 0.293 e. The molecule has 1 aromatic rings. The highest BCUT2D eigenvalue weighted by atomic mass is 35.6. The molecule has 0 spiro atoms. The molecule has 1 N–H and O–H groups in total.